The molecular weight excluding hydrogens is 285 g/mol. The molecule has 20 heavy (non-hydrogen) atoms. The summed E-state index contributed by atoms with van der Waals surface area (Å²) in [6.45, 7) is 3.80. The van der Waals surface area contributed by atoms with Gasteiger partial charge in [0.1, 0.15) is 0 Å². The number of anilines is 2. The number of rotatable bonds is 3. The molecule has 0 amide bonds. The Labute approximate surface area is 119 Å². The molecule has 108 valence electrons. The summed E-state index contributed by atoms with van der Waals surface area (Å²) in [7, 11) is 0. The fraction of sp³-hybridized carbons (Fsp3) is 0.286. The molecule has 0 aliphatic carbocycles. The maximum atomic E-state index is 13.0. The Balaban J connectivity index is 2.29. The lowest BCUT2D eigenvalue weighted by Gasteiger charge is -2.19. The molecule has 2 aromatic rings. The van der Waals surface area contributed by atoms with Crippen molar-refractivity contribution in [2.75, 3.05) is 11.1 Å². The Morgan fingerprint density at radius 1 is 1.20 bits per heavy atom. The van der Waals surface area contributed by atoms with Gasteiger partial charge in [-0.1, -0.05) is 0 Å². The van der Waals surface area contributed by atoms with Crippen LogP contribution in [-0.2, 0) is 6.18 Å². The smallest absolute Gasteiger partial charge is 0.399 e. The van der Waals surface area contributed by atoms with Crippen LogP contribution >= 0.6 is 11.3 Å². The first kappa shape index (κ1) is 14.7. The van der Waals surface area contributed by atoms with E-state index in [2.05, 4.69) is 5.32 Å². The van der Waals surface area contributed by atoms with E-state index in [1.165, 1.54) is 12.1 Å². The Hall–Kier alpha value is -1.69. The van der Waals surface area contributed by atoms with Crippen molar-refractivity contribution in [3.8, 4) is 0 Å². The van der Waals surface area contributed by atoms with E-state index in [0.29, 0.717) is 0 Å². The summed E-state index contributed by atoms with van der Waals surface area (Å²) < 4.78 is 39.0. The maximum Gasteiger partial charge on any atom is 0.418 e. The highest BCUT2D eigenvalue weighted by molar-refractivity contribution is 7.12. The van der Waals surface area contributed by atoms with Gasteiger partial charge >= 0.3 is 6.18 Å². The number of alkyl halides is 3. The number of halogens is 3. The summed E-state index contributed by atoms with van der Waals surface area (Å²) in [6.07, 6.45) is -4.43. The van der Waals surface area contributed by atoms with Crippen LogP contribution in [0.15, 0.2) is 30.3 Å². The third-order valence-corrected chi connectivity index (χ3v) is 4.09. The Morgan fingerprint density at radius 2 is 1.90 bits per heavy atom. The van der Waals surface area contributed by atoms with Crippen LogP contribution in [0.4, 0.5) is 24.5 Å². The molecule has 0 saturated heterocycles. The number of nitrogen functional groups attached to an aromatic ring is 1. The molecule has 1 unspecified atom stereocenters. The van der Waals surface area contributed by atoms with Gasteiger partial charge in [-0.25, -0.2) is 0 Å². The second-order valence-corrected chi connectivity index (χ2v) is 5.94. The first-order valence-electron chi connectivity index (χ1n) is 6.07. The number of nitrogens with two attached hydrogens (primary N) is 1. The van der Waals surface area contributed by atoms with Crippen LogP contribution in [-0.4, -0.2) is 0 Å². The Morgan fingerprint density at radius 3 is 2.45 bits per heavy atom. The van der Waals surface area contributed by atoms with Crippen LogP contribution in [0.25, 0.3) is 0 Å². The minimum absolute atomic E-state index is 0.0465. The number of hydrogen-bond acceptors (Lipinski definition) is 3. The molecule has 0 fully saturated rings. The SMILES string of the molecule is Cc1ccc(C(C)Nc2ccc(N)cc2C(F)(F)F)s1. The molecule has 2 rings (SSSR count). The van der Waals surface area contributed by atoms with Crippen LogP contribution in [0.3, 0.4) is 0 Å². The number of benzene rings is 1. The third kappa shape index (κ3) is 3.25. The highest BCUT2D eigenvalue weighted by atomic mass is 32.1. The number of hydrogen-bond donors (Lipinski definition) is 2. The maximum absolute atomic E-state index is 13.0. The van der Waals surface area contributed by atoms with E-state index in [1.807, 2.05) is 26.0 Å². The van der Waals surface area contributed by atoms with Crippen LogP contribution in [0.2, 0.25) is 0 Å². The van der Waals surface area contributed by atoms with Gasteiger partial charge in [-0.2, -0.15) is 13.2 Å². The molecule has 0 spiro atoms. The quantitative estimate of drug-likeness (QED) is 0.797. The van der Waals surface area contributed by atoms with Crippen molar-refractivity contribution in [1.29, 1.82) is 0 Å². The lowest BCUT2D eigenvalue weighted by atomic mass is 10.1. The van der Waals surface area contributed by atoms with Crippen LogP contribution in [0, 0.1) is 6.92 Å². The molecule has 0 aliphatic heterocycles. The highest BCUT2D eigenvalue weighted by Crippen LogP contribution is 2.37. The van der Waals surface area contributed by atoms with Crippen molar-refractivity contribution in [1.82, 2.24) is 0 Å². The summed E-state index contributed by atoms with van der Waals surface area (Å²) >= 11 is 1.56. The second kappa shape index (κ2) is 5.36. The zero-order chi connectivity index (χ0) is 14.9. The lowest BCUT2D eigenvalue weighted by Crippen LogP contribution is -2.13. The summed E-state index contributed by atoms with van der Waals surface area (Å²) in [5.41, 5.74) is 4.85. The molecular formula is C14H15F3N2S. The number of nitrogens with one attached hydrogen (secondary N) is 1. The van der Waals surface area contributed by atoms with Crippen molar-refractivity contribution in [2.24, 2.45) is 0 Å². The van der Waals surface area contributed by atoms with Gasteiger partial charge in [0.15, 0.2) is 0 Å². The molecule has 1 atom stereocenters. The summed E-state index contributed by atoms with van der Waals surface area (Å²) in [5, 5.41) is 2.91. The van der Waals surface area contributed by atoms with Crippen molar-refractivity contribution >= 4 is 22.7 Å². The standard InChI is InChI=1S/C14H15F3N2S/c1-8-3-6-13(20-8)9(2)19-12-5-4-10(18)7-11(12)14(15,16)17/h3-7,9,19H,18H2,1-2H3. The van der Waals surface area contributed by atoms with E-state index in [-0.39, 0.29) is 17.4 Å². The average molecular weight is 300 g/mol. The highest BCUT2D eigenvalue weighted by Gasteiger charge is 2.34. The van der Waals surface area contributed by atoms with E-state index in [9.17, 15) is 13.2 Å². The van der Waals surface area contributed by atoms with Gasteiger partial charge in [0, 0.05) is 21.1 Å². The summed E-state index contributed by atoms with van der Waals surface area (Å²) in [5.74, 6) is 0. The van der Waals surface area contributed by atoms with Gasteiger partial charge in [0.05, 0.1) is 11.6 Å². The third-order valence-electron chi connectivity index (χ3n) is 2.91. The van der Waals surface area contributed by atoms with Crippen LogP contribution in [0.1, 0.15) is 28.3 Å². The van der Waals surface area contributed by atoms with Gasteiger partial charge in [-0.3, -0.25) is 0 Å². The summed E-state index contributed by atoms with van der Waals surface area (Å²) in [6, 6.07) is 7.46. The minimum atomic E-state index is -4.43. The molecule has 0 radical (unpaired) electrons. The molecule has 3 N–H and O–H groups in total. The fourth-order valence-corrected chi connectivity index (χ4v) is 2.79. The zero-order valence-electron chi connectivity index (χ0n) is 11.1. The molecule has 1 aromatic heterocycles. The molecule has 2 nitrogen and oxygen atoms in total. The van der Waals surface area contributed by atoms with E-state index < -0.39 is 11.7 Å². The largest absolute Gasteiger partial charge is 0.418 e. The van der Waals surface area contributed by atoms with Crippen molar-refractivity contribution < 1.29 is 13.2 Å². The van der Waals surface area contributed by atoms with Gasteiger partial charge in [-0.15, -0.1) is 11.3 Å². The van der Waals surface area contributed by atoms with E-state index >= 15 is 0 Å². The zero-order valence-corrected chi connectivity index (χ0v) is 11.9. The molecule has 0 bridgehead atoms. The molecule has 1 heterocycles. The number of thiophene rings is 1. The predicted octanol–water partition coefficient (Wildman–Crippen LogP) is 4.83. The van der Waals surface area contributed by atoms with Gasteiger partial charge in [-0.05, 0) is 44.2 Å². The monoisotopic (exact) mass is 300 g/mol. The average Bonchev–Trinajstić information content (AvgIpc) is 2.77. The van der Waals surface area contributed by atoms with Gasteiger partial charge in [0.2, 0.25) is 0 Å². The first-order chi connectivity index (χ1) is 9.27. The van der Waals surface area contributed by atoms with Crippen LogP contribution < -0.4 is 11.1 Å². The first-order valence-corrected chi connectivity index (χ1v) is 6.88. The Kier molecular flexibility index (Phi) is 3.94. The lowest BCUT2D eigenvalue weighted by molar-refractivity contribution is -0.136. The van der Waals surface area contributed by atoms with Crippen molar-refractivity contribution in [3.05, 3.63) is 45.6 Å². The molecule has 6 heteroatoms. The molecule has 0 saturated carbocycles. The molecule has 0 aliphatic rings. The number of aryl methyl sites for hydroxylation is 1. The normalized spacial score (nSPS) is 13.2. The predicted molar refractivity (Wildman–Crippen MR) is 77.0 cm³/mol. The Bertz CT molecular complexity index is 605. The van der Waals surface area contributed by atoms with E-state index in [0.717, 1.165) is 15.8 Å². The van der Waals surface area contributed by atoms with Crippen molar-refractivity contribution in [2.45, 2.75) is 26.1 Å². The topological polar surface area (TPSA) is 38.0 Å². The second-order valence-electron chi connectivity index (χ2n) is 4.62. The van der Waals surface area contributed by atoms with Crippen molar-refractivity contribution in [3.63, 3.8) is 0 Å². The van der Waals surface area contributed by atoms with E-state index in [1.54, 1.807) is 11.3 Å². The van der Waals surface area contributed by atoms with E-state index in [4.69, 9.17) is 5.73 Å². The van der Waals surface area contributed by atoms with Gasteiger partial charge < -0.3 is 11.1 Å². The van der Waals surface area contributed by atoms with Crippen LogP contribution in [0.5, 0.6) is 0 Å². The summed E-state index contributed by atoms with van der Waals surface area (Å²) in [4.78, 5) is 2.12. The van der Waals surface area contributed by atoms with Gasteiger partial charge in [0.25, 0.3) is 0 Å². The fourth-order valence-electron chi connectivity index (χ4n) is 1.91. The minimum Gasteiger partial charge on any atom is -0.399 e. The molecule has 1 aromatic carbocycles.